The van der Waals surface area contributed by atoms with Gasteiger partial charge in [0.25, 0.3) is 0 Å². The number of hydrogen-bond acceptors (Lipinski definition) is 5. The smallest absolute Gasteiger partial charge is 0.322 e. The van der Waals surface area contributed by atoms with E-state index in [1.165, 1.54) is 4.90 Å². The molecule has 0 aliphatic carbocycles. The number of carboxylic acid groups (broad SMARTS) is 1. The predicted octanol–water partition coefficient (Wildman–Crippen LogP) is -2.75. The van der Waals surface area contributed by atoms with E-state index in [4.69, 9.17) is 10.8 Å². The Kier molecular flexibility index (Phi) is 5.91. The van der Waals surface area contributed by atoms with Crippen molar-refractivity contribution in [2.24, 2.45) is 5.73 Å². The summed E-state index contributed by atoms with van der Waals surface area (Å²) in [5.74, 6) is -2.51. The number of aliphatic carboxylic acids is 1. The van der Waals surface area contributed by atoms with Crippen LogP contribution in [-0.2, 0) is 19.2 Å². The third-order valence-electron chi connectivity index (χ3n) is 2.91. The van der Waals surface area contributed by atoms with E-state index in [2.05, 4.69) is 10.6 Å². The summed E-state index contributed by atoms with van der Waals surface area (Å²) in [6.45, 7) is -0.522. The highest BCUT2D eigenvalue weighted by atomic mass is 16.4. The lowest BCUT2D eigenvalue weighted by atomic mass is 10.2. The third kappa shape index (κ3) is 4.50. The van der Waals surface area contributed by atoms with Gasteiger partial charge in [0.15, 0.2) is 0 Å². The Hall–Kier alpha value is -2.16. The Morgan fingerprint density at radius 2 is 1.90 bits per heavy atom. The van der Waals surface area contributed by atoms with Crippen molar-refractivity contribution in [3.8, 4) is 0 Å². The fourth-order valence-corrected chi connectivity index (χ4v) is 1.98. The van der Waals surface area contributed by atoms with E-state index in [0.29, 0.717) is 19.4 Å². The van der Waals surface area contributed by atoms with E-state index >= 15 is 0 Å². The van der Waals surface area contributed by atoms with E-state index in [1.54, 1.807) is 0 Å². The lowest BCUT2D eigenvalue weighted by molar-refractivity contribution is -0.139. The van der Waals surface area contributed by atoms with Crippen molar-refractivity contribution in [3.63, 3.8) is 0 Å². The van der Waals surface area contributed by atoms with Gasteiger partial charge in [0.2, 0.25) is 17.7 Å². The zero-order valence-electron chi connectivity index (χ0n) is 10.9. The Morgan fingerprint density at radius 3 is 2.50 bits per heavy atom. The van der Waals surface area contributed by atoms with Crippen molar-refractivity contribution in [1.82, 2.24) is 15.5 Å². The summed E-state index contributed by atoms with van der Waals surface area (Å²) < 4.78 is 0. The van der Waals surface area contributed by atoms with E-state index in [9.17, 15) is 19.2 Å². The van der Waals surface area contributed by atoms with Gasteiger partial charge in [-0.3, -0.25) is 19.2 Å². The molecule has 1 aliphatic rings. The molecule has 112 valence electrons. The fraction of sp³-hybridized carbons (Fsp3) is 0.636. The first-order valence-electron chi connectivity index (χ1n) is 6.21. The Morgan fingerprint density at radius 1 is 1.20 bits per heavy atom. The molecule has 0 aromatic heterocycles. The number of nitrogens with two attached hydrogens (primary N) is 1. The fourth-order valence-electron chi connectivity index (χ4n) is 1.98. The number of nitrogens with one attached hydrogen (secondary N) is 2. The van der Waals surface area contributed by atoms with Gasteiger partial charge >= 0.3 is 5.97 Å². The van der Waals surface area contributed by atoms with Crippen LogP contribution in [0.3, 0.4) is 0 Å². The SMILES string of the molecule is NCC(=O)N1CCC[C@H]1C(=O)NCC(=O)NCC(=O)O. The van der Waals surface area contributed by atoms with Crippen LogP contribution in [0.25, 0.3) is 0 Å². The molecule has 0 unspecified atom stereocenters. The molecule has 5 N–H and O–H groups in total. The van der Waals surface area contributed by atoms with Crippen molar-refractivity contribution in [3.05, 3.63) is 0 Å². The molecule has 0 bridgehead atoms. The summed E-state index contributed by atoms with van der Waals surface area (Å²) >= 11 is 0. The van der Waals surface area contributed by atoms with Gasteiger partial charge in [0, 0.05) is 6.54 Å². The maximum atomic E-state index is 11.9. The predicted molar refractivity (Wildman–Crippen MR) is 67.4 cm³/mol. The molecule has 0 spiro atoms. The summed E-state index contributed by atoms with van der Waals surface area (Å²) in [6.07, 6.45) is 1.23. The van der Waals surface area contributed by atoms with E-state index in [0.717, 1.165) is 0 Å². The third-order valence-corrected chi connectivity index (χ3v) is 2.91. The van der Waals surface area contributed by atoms with E-state index in [-0.39, 0.29) is 19.0 Å². The van der Waals surface area contributed by atoms with Gasteiger partial charge in [-0.2, -0.15) is 0 Å². The summed E-state index contributed by atoms with van der Waals surface area (Å²) in [6, 6.07) is -0.613. The zero-order valence-corrected chi connectivity index (χ0v) is 10.9. The minimum Gasteiger partial charge on any atom is -0.480 e. The monoisotopic (exact) mass is 286 g/mol. The van der Waals surface area contributed by atoms with E-state index in [1.807, 2.05) is 0 Å². The van der Waals surface area contributed by atoms with E-state index < -0.39 is 30.4 Å². The van der Waals surface area contributed by atoms with Crippen molar-refractivity contribution >= 4 is 23.7 Å². The molecule has 1 saturated heterocycles. The van der Waals surface area contributed by atoms with Crippen molar-refractivity contribution in [2.75, 3.05) is 26.2 Å². The first-order valence-corrected chi connectivity index (χ1v) is 6.21. The molecule has 9 heteroatoms. The van der Waals surface area contributed by atoms with Crippen LogP contribution in [0.1, 0.15) is 12.8 Å². The number of rotatable bonds is 6. The zero-order chi connectivity index (χ0) is 15.1. The summed E-state index contributed by atoms with van der Waals surface area (Å²) in [7, 11) is 0. The lowest BCUT2D eigenvalue weighted by Gasteiger charge is -2.23. The molecule has 1 heterocycles. The average molecular weight is 286 g/mol. The first kappa shape index (κ1) is 15.9. The number of likely N-dealkylation sites (tertiary alicyclic amines) is 1. The van der Waals surface area contributed by atoms with Crippen LogP contribution in [-0.4, -0.2) is 65.9 Å². The number of nitrogens with zero attached hydrogens (tertiary/aromatic N) is 1. The second-order valence-corrected chi connectivity index (χ2v) is 4.34. The molecule has 0 radical (unpaired) electrons. The number of carboxylic acids is 1. The molecule has 9 nitrogen and oxygen atoms in total. The standard InChI is InChI=1S/C11H18N4O5/c12-4-9(17)15-3-1-2-7(15)11(20)14-5-8(16)13-6-10(18)19/h7H,1-6,12H2,(H,13,16)(H,14,20)(H,18,19)/t7-/m0/s1. The highest BCUT2D eigenvalue weighted by Gasteiger charge is 2.33. The molecule has 1 fully saturated rings. The van der Waals surface area contributed by atoms with Gasteiger partial charge in [0.1, 0.15) is 12.6 Å². The maximum Gasteiger partial charge on any atom is 0.322 e. The molecule has 1 rings (SSSR count). The normalized spacial score (nSPS) is 17.6. The highest BCUT2D eigenvalue weighted by molar-refractivity contribution is 5.91. The Balaban J connectivity index is 2.40. The van der Waals surface area contributed by atoms with Gasteiger partial charge in [-0.15, -0.1) is 0 Å². The number of carbonyl (C=O) groups excluding carboxylic acids is 3. The second-order valence-electron chi connectivity index (χ2n) is 4.34. The average Bonchev–Trinajstić information content (AvgIpc) is 2.90. The second kappa shape index (κ2) is 7.43. The summed E-state index contributed by atoms with van der Waals surface area (Å²) in [5.41, 5.74) is 5.26. The van der Waals surface area contributed by atoms with Gasteiger partial charge in [0.05, 0.1) is 13.1 Å². The van der Waals surface area contributed by atoms with Gasteiger partial charge in [-0.25, -0.2) is 0 Å². The summed E-state index contributed by atoms with van der Waals surface area (Å²) in [5, 5.41) is 12.9. The van der Waals surface area contributed by atoms with Crippen LogP contribution in [0.5, 0.6) is 0 Å². The number of amides is 3. The highest BCUT2D eigenvalue weighted by Crippen LogP contribution is 2.16. The number of hydrogen-bond donors (Lipinski definition) is 4. The van der Waals surface area contributed by atoms with Crippen LogP contribution in [0, 0.1) is 0 Å². The molecule has 1 atom stereocenters. The maximum absolute atomic E-state index is 11.9. The molecule has 0 aromatic carbocycles. The molecule has 0 aromatic rings. The topological polar surface area (TPSA) is 142 Å². The van der Waals surface area contributed by atoms with Crippen molar-refractivity contribution < 1.29 is 24.3 Å². The van der Waals surface area contributed by atoms with Crippen LogP contribution in [0.2, 0.25) is 0 Å². The van der Waals surface area contributed by atoms with Crippen molar-refractivity contribution in [1.29, 1.82) is 0 Å². The minimum atomic E-state index is -1.17. The molecule has 0 saturated carbocycles. The van der Waals surface area contributed by atoms with Gasteiger partial charge in [-0.05, 0) is 12.8 Å². The van der Waals surface area contributed by atoms with Crippen LogP contribution >= 0.6 is 0 Å². The van der Waals surface area contributed by atoms with Crippen molar-refractivity contribution in [2.45, 2.75) is 18.9 Å². The summed E-state index contributed by atoms with van der Waals surface area (Å²) in [4.78, 5) is 46.3. The number of carbonyl (C=O) groups is 4. The minimum absolute atomic E-state index is 0.164. The van der Waals surface area contributed by atoms with Crippen LogP contribution < -0.4 is 16.4 Å². The van der Waals surface area contributed by atoms with Gasteiger partial charge < -0.3 is 26.4 Å². The Bertz CT molecular complexity index is 412. The van der Waals surface area contributed by atoms with Crippen LogP contribution in [0.4, 0.5) is 0 Å². The molecule has 1 aliphatic heterocycles. The first-order chi connectivity index (χ1) is 9.45. The molecule has 20 heavy (non-hydrogen) atoms. The molecular formula is C11H18N4O5. The molecular weight excluding hydrogens is 268 g/mol. The lowest BCUT2D eigenvalue weighted by Crippen LogP contribution is -2.49. The van der Waals surface area contributed by atoms with Gasteiger partial charge in [-0.1, -0.05) is 0 Å². The largest absolute Gasteiger partial charge is 0.480 e. The Labute approximate surface area is 115 Å². The quantitative estimate of drug-likeness (QED) is 0.417. The molecule has 3 amide bonds. The van der Waals surface area contributed by atoms with Crippen LogP contribution in [0.15, 0.2) is 0 Å².